The van der Waals surface area contributed by atoms with Gasteiger partial charge in [0.2, 0.25) is 5.91 Å². The van der Waals surface area contributed by atoms with Crippen LogP contribution in [-0.4, -0.2) is 22.6 Å². The van der Waals surface area contributed by atoms with Crippen molar-refractivity contribution in [3.05, 3.63) is 74.9 Å². The fraction of sp³-hybridized carbons (Fsp3) is 0.211. The van der Waals surface area contributed by atoms with Crippen LogP contribution in [0.3, 0.4) is 0 Å². The highest BCUT2D eigenvalue weighted by molar-refractivity contribution is 5.77. The predicted octanol–water partition coefficient (Wildman–Crippen LogP) is 1.40. The summed E-state index contributed by atoms with van der Waals surface area (Å²) in [6.07, 6.45) is 0.0243. The summed E-state index contributed by atoms with van der Waals surface area (Å²) < 4.78 is 6.28. The number of hydrogen-bond acceptors (Lipinski definition) is 4. The fourth-order valence-corrected chi connectivity index (χ4v) is 2.75. The van der Waals surface area contributed by atoms with E-state index in [1.807, 2.05) is 24.3 Å². The minimum atomic E-state index is -0.522. The van der Waals surface area contributed by atoms with Crippen molar-refractivity contribution in [3.8, 4) is 5.75 Å². The molecule has 1 amide bonds. The highest BCUT2D eigenvalue weighted by Gasteiger charge is 2.10. The second kappa shape index (κ2) is 7.69. The lowest BCUT2D eigenvalue weighted by molar-refractivity contribution is -0.121. The van der Waals surface area contributed by atoms with E-state index in [-0.39, 0.29) is 18.9 Å². The standard InChI is InChI=1S/C19H19N3O4/c1-26-16-9-5-2-6-13(16)12-20-17(23)10-11-22-18(24)14-7-3-4-8-15(14)21-19(22)25/h2-9H,10-12H2,1H3,(H,20,23)(H,21,25). The summed E-state index contributed by atoms with van der Waals surface area (Å²) in [5, 5.41) is 3.19. The molecule has 134 valence electrons. The van der Waals surface area contributed by atoms with Gasteiger partial charge in [-0.1, -0.05) is 30.3 Å². The first-order chi connectivity index (χ1) is 12.6. The van der Waals surface area contributed by atoms with Gasteiger partial charge in [0.05, 0.1) is 18.0 Å². The first-order valence-electron chi connectivity index (χ1n) is 8.20. The number of aromatic amines is 1. The first-order valence-corrected chi connectivity index (χ1v) is 8.20. The molecule has 0 unspecified atom stereocenters. The van der Waals surface area contributed by atoms with Gasteiger partial charge >= 0.3 is 5.69 Å². The third-order valence-corrected chi connectivity index (χ3v) is 4.12. The third-order valence-electron chi connectivity index (χ3n) is 4.12. The summed E-state index contributed by atoms with van der Waals surface area (Å²) in [4.78, 5) is 39.3. The molecule has 0 fully saturated rings. The molecule has 7 nitrogen and oxygen atoms in total. The average Bonchev–Trinajstić information content (AvgIpc) is 2.66. The molecule has 0 saturated carbocycles. The van der Waals surface area contributed by atoms with Gasteiger partial charge in [-0.05, 0) is 18.2 Å². The van der Waals surface area contributed by atoms with Crippen molar-refractivity contribution in [3.63, 3.8) is 0 Å². The molecule has 1 aromatic heterocycles. The monoisotopic (exact) mass is 353 g/mol. The van der Waals surface area contributed by atoms with Crippen molar-refractivity contribution in [2.45, 2.75) is 19.5 Å². The second-order valence-corrected chi connectivity index (χ2v) is 5.77. The molecule has 26 heavy (non-hydrogen) atoms. The predicted molar refractivity (Wildman–Crippen MR) is 98.3 cm³/mol. The Balaban J connectivity index is 1.67. The molecule has 0 aliphatic carbocycles. The van der Waals surface area contributed by atoms with Crippen LogP contribution >= 0.6 is 0 Å². The van der Waals surface area contributed by atoms with Crippen LogP contribution in [0.5, 0.6) is 5.75 Å². The van der Waals surface area contributed by atoms with E-state index in [1.165, 1.54) is 0 Å². The molecule has 2 N–H and O–H groups in total. The maximum absolute atomic E-state index is 12.4. The molecule has 0 aliphatic heterocycles. The first kappa shape index (κ1) is 17.5. The van der Waals surface area contributed by atoms with E-state index >= 15 is 0 Å². The van der Waals surface area contributed by atoms with Crippen LogP contribution in [0.25, 0.3) is 10.9 Å². The minimum Gasteiger partial charge on any atom is -0.496 e. The Morgan fingerprint density at radius 1 is 1.12 bits per heavy atom. The molecule has 0 radical (unpaired) electrons. The van der Waals surface area contributed by atoms with E-state index in [2.05, 4.69) is 10.3 Å². The molecule has 0 bridgehead atoms. The van der Waals surface area contributed by atoms with Crippen molar-refractivity contribution in [2.75, 3.05) is 7.11 Å². The molecule has 0 saturated heterocycles. The van der Waals surface area contributed by atoms with Gasteiger partial charge in [-0.2, -0.15) is 0 Å². The number of aromatic nitrogens is 2. The van der Waals surface area contributed by atoms with Crippen molar-refractivity contribution in [2.24, 2.45) is 0 Å². The molecule has 0 aliphatic rings. The van der Waals surface area contributed by atoms with E-state index in [9.17, 15) is 14.4 Å². The number of amides is 1. The van der Waals surface area contributed by atoms with Gasteiger partial charge in [-0.15, -0.1) is 0 Å². The van der Waals surface area contributed by atoms with Crippen LogP contribution in [-0.2, 0) is 17.9 Å². The van der Waals surface area contributed by atoms with Crippen LogP contribution < -0.4 is 21.3 Å². The zero-order chi connectivity index (χ0) is 18.5. The Bertz CT molecular complexity index is 1050. The Morgan fingerprint density at radius 3 is 2.65 bits per heavy atom. The molecular weight excluding hydrogens is 334 g/mol. The van der Waals surface area contributed by atoms with Crippen molar-refractivity contribution < 1.29 is 9.53 Å². The maximum atomic E-state index is 12.4. The van der Waals surface area contributed by atoms with Gasteiger partial charge in [0, 0.05) is 25.1 Å². The maximum Gasteiger partial charge on any atom is 0.328 e. The molecule has 0 atom stereocenters. The van der Waals surface area contributed by atoms with Crippen LogP contribution in [0.15, 0.2) is 58.1 Å². The number of para-hydroxylation sites is 2. The van der Waals surface area contributed by atoms with E-state index in [1.54, 1.807) is 31.4 Å². The number of nitrogens with zero attached hydrogens (tertiary/aromatic N) is 1. The van der Waals surface area contributed by atoms with Crippen LogP contribution in [0.2, 0.25) is 0 Å². The lowest BCUT2D eigenvalue weighted by atomic mass is 10.2. The largest absolute Gasteiger partial charge is 0.496 e. The molecule has 3 rings (SSSR count). The summed E-state index contributed by atoms with van der Waals surface area (Å²) in [6.45, 7) is 0.322. The van der Waals surface area contributed by atoms with Crippen molar-refractivity contribution in [1.82, 2.24) is 14.9 Å². The zero-order valence-corrected chi connectivity index (χ0v) is 14.3. The quantitative estimate of drug-likeness (QED) is 0.701. The number of carbonyl (C=O) groups excluding carboxylic acids is 1. The number of hydrogen-bond donors (Lipinski definition) is 2. The highest BCUT2D eigenvalue weighted by Crippen LogP contribution is 2.16. The Morgan fingerprint density at radius 2 is 1.85 bits per heavy atom. The highest BCUT2D eigenvalue weighted by atomic mass is 16.5. The molecule has 1 heterocycles. The number of nitrogens with one attached hydrogen (secondary N) is 2. The number of fused-ring (bicyclic) bond motifs is 1. The number of benzene rings is 2. The van der Waals surface area contributed by atoms with Gasteiger partial charge in [-0.3, -0.25) is 14.2 Å². The molecule has 2 aromatic carbocycles. The summed E-state index contributed by atoms with van der Waals surface area (Å²) in [5.41, 5.74) is 0.413. The van der Waals surface area contributed by atoms with Crippen LogP contribution in [0, 0.1) is 0 Å². The number of carbonyl (C=O) groups is 1. The lowest BCUT2D eigenvalue weighted by Crippen LogP contribution is -2.36. The summed E-state index contributed by atoms with van der Waals surface area (Å²) in [7, 11) is 1.57. The SMILES string of the molecule is COc1ccccc1CNC(=O)CCn1c(=O)[nH]c2ccccc2c1=O. The molecule has 7 heteroatoms. The lowest BCUT2D eigenvalue weighted by Gasteiger charge is -2.10. The number of rotatable bonds is 6. The van der Waals surface area contributed by atoms with Crippen molar-refractivity contribution in [1.29, 1.82) is 0 Å². The fourth-order valence-electron chi connectivity index (χ4n) is 2.75. The molecular formula is C19H19N3O4. The smallest absolute Gasteiger partial charge is 0.328 e. The molecule has 3 aromatic rings. The van der Waals surface area contributed by atoms with Crippen LogP contribution in [0.4, 0.5) is 0 Å². The second-order valence-electron chi connectivity index (χ2n) is 5.77. The summed E-state index contributed by atoms with van der Waals surface area (Å²) >= 11 is 0. The van der Waals surface area contributed by atoms with E-state index in [0.717, 1.165) is 10.1 Å². The number of H-pyrrole nitrogens is 1. The van der Waals surface area contributed by atoms with Crippen molar-refractivity contribution >= 4 is 16.8 Å². The van der Waals surface area contributed by atoms with Gasteiger partial charge in [0.15, 0.2) is 0 Å². The van der Waals surface area contributed by atoms with Gasteiger partial charge in [0.1, 0.15) is 5.75 Å². The number of methoxy groups -OCH3 is 1. The average molecular weight is 353 g/mol. The third kappa shape index (κ3) is 3.66. The van der Waals surface area contributed by atoms with Gasteiger partial charge in [-0.25, -0.2) is 4.79 Å². The van der Waals surface area contributed by atoms with Crippen LogP contribution in [0.1, 0.15) is 12.0 Å². The van der Waals surface area contributed by atoms with E-state index < -0.39 is 11.2 Å². The normalized spacial score (nSPS) is 10.7. The van der Waals surface area contributed by atoms with Gasteiger partial charge < -0.3 is 15.0 Å². The molecule has 0 spiro atoms. The minimum absolute atomic E-state index is 0.0107. The van der Waals surface area contributed by atoms with E-state index in [0.29, 0.717) is 23.2 Å². The summed E-state index contributed by atoms with van der Waals surface area (Å²) in [5.74, 6) is 0.436. The van der Waals surface area contributed by atoms with Gasteiger partial charge in [0.25, 0.3) is 5.56 Å². The Labute approximate surface area is 149 Å². The Kier molecular flexibility index (Phi) is 5.17. The summed E-state index contributed by atoms with van der Waals surface area (Å²) in [6, 6.07) is 14.2. The van der Waals surface area contributed by atoms with E-state index in [4.69, 9.17) is 4.74 Å². The Hall–Kier alpha value is -3.35. The number of ether oxygens (including phenoxy) is 1. The zero-order valence-electron chi connectivity index (χ0n) is 14.3. The topological polar surface area (TPSA) is 93.2 Å².